The van der Waals surface area contributed by atoms with E-state index in [1.54, 1.807) is 54.7 Å². The number of alkyl halides is 2. The maximum absolute atomic E-state index is 15.0. The summed E-state index contributed by atoms with van der Waals surface area (Å²) in [6.07, 6.45) is -7.89. The van der Waals surface area contributed by atoms with Crippen LogP contribution < -0.4 is 4.90 Å². The molecule has 0 amide bonds. The fourth-order valence-corrected chi connectivity index (χ4v) is 12.5. The van der Waals surface area contributed by atoms with Crippen molar-refractivity contribution in [3.63, 3.8) is 0 Å². The number of aromatic nitrogens is 3. The number of ether oxygens (including phenoxy) is 7. The number of likely N-dealkylation sites (N-methyl/N-ethyl adjacent to an activating group) is 2. The molecule has 0 spiro atoms. The monoisotopic (exact) mass is 1100 g/mol. The van der Waals surface area contributed by atoms with E-state index in [0.717, 1.165) is 11.3 Å². The lowest BCUT2D eigenvalue weighted by Crippen LogP contribution is -2.61. The zero-order valence-corrected chi connectivity index (χ0v) is 48.2. The fraction of sp³-hybridized carbons (Fsp3) is 0.839. The summed E-state index contributed by atoms with van der Waals surface area (Å²) in [6, 6.07) is 5.82. The molecule has 5 N–H and O–H groups in total. The number of carbonyl (C=O) groups excluding carboxylic acids is 1. The molecule has 5 heterocycles. The second kappa shape index (κ2) is 26.7. The molecule has 4 aliphatic rings. The van der Waals surface area contributed by atoms with Gasteiger partial charge in [-0.2, -0.15) is 0 Å². The standard InChI is InChI=1S/C56H94F2N6O13/c1-15-44-56(10,70)49(66)36(6)62(12)30-32(2)27-54(8,69)51(34(4)47(35(5)52(68)75-44)76-45-28-55(9,72-14)50(67)37(7)74-45)77-53-46(65)42(26-33(3)73-53)61(11)23-22-40-31-64(60-59-40)43(29-57)48(71-13)38-16-18-41(19-17-38)63-24-20-39(58)21-25-63/h16-19,31-37,39,42-51,53,65-67,69-70H,15,20-30H2,1-14H3/t32-,33-,34+,35-,36-,37+,42+,43-,44-,45+,46-,47+,48-,49-,50+,51-,53+,54-,55-,56-/m1/s1. The van der Waals surface area contributed by atoms with Crippen molar-refractivity contribution in [3.8, 4) is 0 Å². The summed E-state index contributed by atoms with van der Waals surface area (Å²) in [4.78, 5) is 20.6. The number of hydrogen-bond donors (Lipinski definition) is 5. The predicted octanol–water partition coefficient (Wildman–Crippen LogP) is 4.94. The third-order valence-corrected chi connectivity index (χ3v) is 17.5. The van der Waals surface area contributed by atoms with Gasteiger partial charge in [0.2, 0.25) is 0 Å². The minimum atomic E-state index is -1.86. The van der Waals surface area contributed by atoms with Gasteiger partial charge >= 0.3 is 5.97 Å². The molecule has 77 heavy (non-hydrogen) atoms. The molecule has 0 aliphatic carbocycles. The minimum absolute atomic E-state index is 0.0801. The van der Waals surface area contributed by atoms with Crippen molar-refractivity contribution in [3.05, 3.63) is 41.7 Å². The van der Waals surface area contributed by atoms with Crippen LogP contribution in [0.5, 0.6) is 0 Å². The molecule has 0 unspecified atom stereocenters. The number of piperidine rings is 1. The van der Waals surface area contributed by atoms with Crippen molar-refractivity contribution in [2.24, 2.45) is 17.8 Å². The van der Waals surface area contributed by atoms with Crippen molar-refractivity contribution in [1.29, 1.82) is 0 Å². The summed E-state index contributed by atoms with van der Waals surface area (Å²) < 4.78 is 74.4. The molecule has 21 heteroatoms. The number of carbonyl (C=O) groups is 1. The lowest BCUT2D eigenvalue weighted by molar-refractivity contribution is -0.318. The summed E-state index contributed by atoms with van der Waals surface area (Å²) in [5, 5.41) is 68.7. The van der Waals surface area contributed by atoms with Gasteiger partial charge in [0.25, 0.3) is 0 Å². The van der Waals surface area contributed by atoms with Crippen molar-refractivity contribution in [2.45, 2.75) is 223 Å². The number of benzene rings is 1. The molecule has 20 atom stereocenters. The molecule has 4 aliphatic heterocycles. The Labute approximate surface area is 455 Å². The quantitative estimate of drug-likeness (QED) is 0.140. The molecular formula is C56H94F2N6O13. The van der Waals surface area contributed by atoms with Crippen molar-refractivity contribution < 1.29 is 72.3 Å². The van der Waals surface area contributed by atoms with Crippen LogP contribution in [0.3, 0.4) is 0 Å². The average molecular weight is 1100 g/mol. The van der Waals surface area contributed by atoms with E-state index in [0.29, 0.717) is 57.6 Å². The summed E-state index contributed by atoms with van der Waals surface area (Å²) in [5.74, 6) is -2.90. The molecular weight excluding hydrogens is 1000 g/mol. The van der Waals surface area contributed by atoms with Gasteiger partial charge < -0.3 is 73.4 Å². The summed E-state index contributed by atoms with van der Waals surface area (Å²) in [6.45, 7) is 18.7. The normalized spacial score (nSPS) is 39.7. The van der Waals surface area contributed by atoms with Crippen molar-refractivity contribution >= 4 is 11.7 Å². The second-order valence-electron chi connectivity index (χ2n) is 23.8. The Hall–Kier alpha value is -3.03. The molecule has 0 radical (unpaired) electrons. The third kappa shape index (κ3) is 14.7. The number of esters is 1. The first kappa shape index (κ1) is 63.2. The van der Waals surface area contributed by atoms with Gasteiger partial charge in [0.1, 0.15) is 55.0 Å². The van der Waals surface area contributed by atoms with Crippen LogP contribution in [-0.2, 0) is 44.4 Å². The first-order valence-electron chi connectivity index (χ1n) is 27.9. The van der Waals surface area contributed by atoms with Gasteiger partial charge in [-0.25, -0.2) is 13.5 Å². The Morgan fingerprint density at radius 2 is 1.61 bits per heavy atom. The van der Waals surface area contributed by atoms with E-state index < -0.39 is 133 Å². The topological polar surface area (TPSA) is 223 Å². The minimum Gasteiger partial charge on any atom is -0.459 e. The van der Waals surface area contributed by atoms with E-state index in [-0.39, 0.29) is 25.2 Å². The van der Waals surface area contributed by atoms with Gasteiger partial charge in [0, 0.05) is 83.1 Å². The Bertz CT molecular complexity index is 2140. The molecule has 0 saturated carbocycles. The molecule has 1 aromatic heterocycles. The number of nitrogens with zero attached hydrogens (tertiary/aromatic N) is 6. The van der Waals surface area contributed by atoms with Crippen LogP contribution in [0.2, 0.25) is 0 Å². The van der Waals surface area contributed by atoms with Crippen LogP contribution in [0.25, 0.3) is 0 Å². The van der Waals surface area contributed by atoms with E-state index in [1.165, 1.54) is 25.8 Å². The molecule has 1 aromatic carbocycles. The Morgan fingerprint density at radius 1 is 0.948 bits per heavy atom. The Balaban J connectivity index is 1.24. The lowest BCUT2D eigenvalue weighted by Gasteiger charge is -2.49. The maximum Gasteiger partial charge on any atom is 0.311 e. The van der Waals surface area contributed by atoms with E-state index >= 15 is 0 Å². The van der Waals surface area contributed by atoms with E-state index in [1.807, 2.05) is 62.0 Å². The lowest BCUT2D eigenvalue weighted by atomic mass is 9.77. The highest BCUT2D eigenvalue weighted by molar-refractivity contribution is 5.73. The van der Waals surface area contributed by atoms with Crippen LogP contribution >= 0.6 is 0 Å². The highest BCUT2D eigenvalue weighted by atomic mass is 19.1. The number of hydrogen-bond acceptors (Lipinski definition) is 18. The zero-order valence-electron chi connectivity index (χ0n) is 48.2. The van der Waals surface area contributed by atoms with E-state index in [9.17, 15) is 39.1 Å². The highest BCUT2D eigenvalue weighted by Gasteiger charge is 2.53. The molecule has 2 aromatic rings. The SMILES string of the molecule is CC[C@H]1OC(=O)[C@H](C)[C@@H](O[C@H]2C[C@@](C)(OC)[C@@H](O)[C@H](C)O2)[C@H](C)[C@@H](O[C@@H]2O[C@H](C)C[C@H](N(C)CCc3cn([C@H](CF)[C@H](OC)c4ccc(N5CCC(F)CC5)cc4)nn3)[C@H]2O)[C@](C)(O)C[C@@H](C)CN(C)[C@H](C)[C@@H](O)[C@]1(C)O. The van der Waals surface area contributed by atoms with Gasteiger partial charge in [-0.3, -0.25) is 4.79 Å². The Morgan fingerprint density at radius 3 is 2.22 bits per heavy atom. The first-order valence-corrected chi connectivity index (χ1v) is 27.9. The van der Waals surface area contributed by atoms with Gasteiger partial charge in [-0.05, 0) is 118 Å². The van der Waals surface area contributed by atoms with Crippen LogP contribution in [-0.4, -0.2) is 214 Å². The molecule has 6 rings (SSSR count). The molecule has 0 bridgehead atoms. The molecule has 4 fully saturated rings. The van der Waals surface area contributed by atoms with Crippen LogP contribution in [0, 0.1) is 17.8 Å². The average Bonchev–Trinajstić information content (AvgIpc) is 3.87. The van der Waals surface area contributed by atoms with Crippen molar-refractivity contribution in [1.82, 2.24) is 24.8 Å². The number of aliphatic hydroxyl groups is 5. The summed E-state index contributed by atoms with van der Waals surface area (Å²) in [7, 11) is 6.74. The maximum atomic E-state index is 15.0. The molecule has 440 valence electrons. The highest BCUT2D eigenvalue weighted by Crippen LogP contribution is 2.41. The zero-order chi connectivity index (χ0) is 56.9. The van der Waals surface area contributed by atoms with Crippen LogP contribution in [0.4, 0.5) is 14.5 Å². The second-order valence-corrected chi connectivity index (χ2v) is 23.8. The smallest absolute Gasteiger partial charge is 0.311 e. The third-order valence-electron chi connectivity index (χ3n) is 17.5. The summed E-state index contributed by atoms with van der Waals surface area (Å²) >= 11 is 0. The number of rotatable bonds is 16. The molecule has 4 saturated heterocycles. The number of aliphatic hydroxyl groups excluding tert-OH is 3. The van der Waals surface area contributed by atoms with E-state index in [4.69, 9.17) is 33.2 Å². The van der Waals surface area contributed by atoms with Gasteiger partial charge in [-0.1, -0.05) is 38.1 Å². The first-order chi connectivity index (χ1) is 36.2. The van der Waals surface area contributed by atoms with Crippen LogP contribution in [0.1, 0.15) is 131 Å². The van der Waals surface area contributed by atoms with Crippen molar-refractivity contribution in [2.75, 3.05) is 66.1 Å². The number of anilines is 1. The number of methoxy groups -OCH3 is 2. The van der Waals surface area contributed by atoms with Gasteiger partial charge in [0.15, 0.2) is 12.6 Å². The summed E-state index contributed by atoms with van der Waals surface area (Å²) in [5.41, 5.74) is -2.26. The van der Waals surface area contributed by atoms with Crippen LogP contribution in [0.15, 0.2) is 30.5 Å². The van der Waals surface area contributed by atoms with E-state index in [2.05, 4.69) is 15.2 Å². The Kier molecular flexibility index (Phi) is 21.9. The van der Waals surface area contributed by atoms with Gasteiger partial charge in [-0.15, -0.1) is 5.10 Å². The fourth-order valence-electron chi connectivity index (χ4n) is 12.5. The van der Waals surface area contributed by atoms with Gasteiger partial charge in [0.05, 0.1) is 47.2 Å². The number of halogens is 2. The largest absolute Gasteiger partial charge is 0.459 e. The number of cyclic esters (lactones) is 1. The molecule has 19 nitrogen and oxygen atoms in total. The predicted molar refractivity (Wildman–Crippen MR) is 284 cm³/mol.